The molecule has 1 aromatic rings. The van der Waals surface area contributed by atoms with Crippen molar-refractivity contribution in [2.75, 3.05) is 24.6 Å². The molecule has 0 bridgehead atoms. The fraction of sp³-hybridized carbons (Fsp3) is 0.500. The molecular formula is C14H20ClN3O2. The Hall–Kier alpha value is -1.46. The Morgan fingerprint density at radius 1 is 1.60 bits per heavy atom. The van der Waals surface area contributed by atoms with Crippen molar-refractivity contribution < 1.29 is 9.90 Å². The lowest BCUT2D eigenvalue weighted by Crippen LogP contribution is -2.36. The molecule has 5 nitrogen and oxygen atoms in total. The van der Waals surface area contributed by atoms with Crippen molar-refractivity contribution in [3.63, 3.8) is 0 Å². The smallest absolute Gasteiger partial charge is 0.337 e. The van der Waals surface area contributed by atoms with E-state index in [1.807, 2.05) is 0 Å². The first kappa shape index (κ1) is 14.9. The maximum absolute atomic E-state index is 11.3. The van der Waals surface area contributed by atoms with Crippen LogP contribution in [0.25, 0.3) is 0 Å². The zero-order valence-electron chi connectivity index (χ0n) is 11.7. The third-order valence-electron chi connectivity index (χ3n) is 3.74. The monoisotopic (exact) mass is 297 g/mol. The molecule has 0 radical (unpaired) electrons. The number of benzene rings is 1. The summed E-state index contributed by atoms with van der Waals surface area (Å²) in [6.45, 7) is 2.74. The number of likely N-dealkylation sites (N-methyl/N-ethyl adjacent to an activating group) is 1. The Morgan fingerprint density at radius 3 is 2.80 bits per heavy atom. The molecule has 110 valence electrons. The van der Waals surface area contributed by atoms with E-state index in [0.29, 0.717) is 35.0 Å². The van der Waals surface area contributed by atoms with Crippen LogP contribution in [0, 0.1) is 0 Å². The summed E-state index contributed by atoms with van der Waals surface area (Å²) < 4.78 is 0. The van der Waals surface area contributed by atoms with Gasteiger partial charge in [0.2, 0.25) is 0 Å². The average Bonchev–Trinajstić information content (AvgIpc) is 3.19. The van der Waals surface area contributed by atoms with Gasteiger partial charge in [-0.1, -0.05) is 11.6 Å². The first-order valence-electron chi connectivity index (χ1n) is 6.68. The van der Waals surface area contributed by atoms with Gasteiger partial charge in [-0.05, 0) is 38.9 Å². The van der Waals surface area contributed by atoms with Gasteiger partial charge in [0.25, 0.3) is 0 Å². The standard InChI is InChI=1S/C14H20ClN3O2/c1-8(18(2)10-3-4-10)7-17-13-11(14(19)20)5-9(16)6-12(13)15/h5-6,8,10,17H,3-4,7,16H2,1-2H3,(H,19,20). The molecule has 1 aromatic carbocycles. The number of rotatable bonds is 6. The molecule has 1 aliphatic carbocycles. The maximum Gasteiger partial charge on any atom is 0.337 e. The first-order valence-corrected chi connectivity index (χ1v) is 7.06. The Kier molecular flexibility index (Phi) is 4.40. The van der Waals surface area contributed by atoms with Crippen molar-refractivity contribution in [3.8, 4) is 0 Å². The molecule has 0 saturated heterocycles. The number of carboxylic acid groups (broad SMARTS) is 1. The Morgan fingerprint density at radius 2 is 2.25 bits per heavy atom. The molecule has 1 fully saturated rings. The lowest BCUT2D eigenvalue weighted by atomic mass is 10.1. The van der Waals surface area contributed by atoms with E-state index >= 15 is 0 Å². The van der Waals surface area contributed by atoms with E-state index in [1.54, 1.807) is 6.07 Å². The van der Waals surface area contributed by atoms with Crippen LogP contribution in [-0.4, -0.2) is 41.7 Å². The lowest BCUT2D eigenvalue weighted by Gasteiger charge is -2.25. The molecule has 1 unspecified atom stereocenters. The van der Waals surface area contributed by atoms with Crippen molar-refractivity contribution in [2.24, 2.45) is 0 Å². The predicted molar refractivity (Wildman–Crippen MR) is 81.6 cm³/mol. The molecule has 0 heterocycles. The van der Waals surface area contributed by atoms with Crippen LogP contribution in [0.15, 0.2) is 12.1 Å². The number of anilines is 2. The van der Waals surface area contributed by atoms with Gasteiger partial charge in [-0.15, -0.1) is 0 Å². The fourth-order valence-corrected chi connectivity index (χ4v) is 2.51. The zero-order valence-corrected chi connectivity index (χ0v) is 12.4. The van der Waals surface area contributed by atoms with E-state index in [-0.39, 0.29) is 5.56 Å². The Labute approximate surface area is 123 Å². The SMILES string of the molecule is CC(CNc1c(Cl)cc(N)cc1C(=O)O)N(C)C1CC1. The summed E-state index contributed by atoms with van der Waals surface area (Å²) in [5.41, 5.74) is 6.53. The van der Waals surface area contributed by atoms with Gasteiger partial charge in [0.1, 0.15) is 0 Å². The van der Waals surface area contributed by atoms with Gasteiger partial charge in [0.05, 0.1) is 16.3 Å². The highest BCUT2D eigenvalue weighted by Gasteiger charge is 2.29. The van der Waals surface area contributed by atoms with Gasteiger partial charge < -0.3 is 16.2 Å². The second kappa shape index (κ2) is 5.89. The fourth-order valence-electron chi connectivity index (χ4n) is 2.21. The van der Waals surface area contributed by atoms with Gasteiger partial charge >= 0.3 is 5.97 Å². The molecule has 4 N–H and O–H groups in total. The summed E-state index contributed by atoms with van der Waals surface area (Å²) in [7, 11) is 2.09. The summed E-state index contributed by atoms with van der Waals surface area (Å²) in [5, 5.41) is 12.7. The average molecular weight is 298 g/mol. The third kappa shape index (κ3) is 3.35. The van der Waals surface area contributed by atoms with Crippen LogP contribution in [-0.2, 0) is 0 Å². The van der Waals surface area contributed by atoms with E-state index in [2.05, 4.69) is 24.2 Å². The predicted octanol–water partition coefficient (Wildman–Crippen LogP) is 2.52. The lowest BCUT2D eigenvalue weighted by molar-refractivity contribution is 0.0698. The van der Waals surface area contributed by atoms with Crippen LogP contribution in [0.1, 0.15) is 30.1 Å². The third-order valence-corrected chi connectivity index (χ3v) is 4.03. The number of nitrogen functional groups attached to an aromatic ring is 1. The molecule has 20 heavy (non-hydrogen) atoms. The number of nitrogens with two attached hydrogens (primary N) is 1. The van der Waals surface area contributed by atoms with Gasteiger partial charge in [-0.3, -0.25) is 4.90 Å². The van der Waals surface area contributed by atoms with E-state index in [4.69, 9.17) is 17.3 Å². The Bertz CT molecular complexity index is 517. The van der Waals surface area contributed by atoms with Gasteiger partial charge in [0.15, 0.2) is 0 Å². The van der Waals surface area contributed by atoms with E-state index in [1.165, 1.54) is 18.9 Å². The molecule has 1 aliphatic rings. The number of hydrogen-bond donors (Lipinski definition) is 3. The minimum atomic E-state index is -1.04. The highest BCUT2D eigenvalue weighted by molar-refractivity contribution is 6.34. The van der Waals surface area contributed by atoms with Gasteiger partial charge in [-0.2, -0.15) is 0 Å². The van der Waals surface area contributed by atoms with Crippen molar-refractivity contribution >= 4 is 28.9 Å². The van der Waals surface area contributed by atoms with E-state index in [0.717, 1.165) is 0 Å². The molecule has 2 rings (SSSR count). The molecule has 6 heteroatoms. The summed E-state index contributed by atoms with van der Waals surface area (Å²) in [6, 6.07) is 3.95. The van der Waals surface area contributed by atoms with Crippen molar-refractivity contribution in [1.29, 1.82) is 0 Å². The maximum atomic E-state index is 11.3. The summed E-state index contributed by atoms with van der Waals surface area (Å²) in [4.78, 5) is 13.6. The van der Waals surface area contributed by atoms with Crippen LogP contribution in [0.2, 0.25) is 5.02 Å². The summed E-state index contributed by atoms with van der Waals surface area (Å²) in [6.07, 6.45) is 2.48. The topological polar surface area (TPSA) is 78.6 Å². The van der Waals surface area contributed by atoms with Crippen LogP contribution < -0.4 is 11.1 Å². The normalized spacial score (nSPS) is 16.2. The summed E-state index contributed by atoms with van der Waals surface area (Å²) in [5.74, 6) is -1.04. The molecule has 0 amide bonds. The molecule has 1 atom stereocenters. The number of carboxylic acids is 1. The van der Waals surface area contributed by atoms with Crippen LogP contribution in [0.3, 0.4) is 0 Å². The largest absolute Gasteiger partial charge is 0.478 e. The van der Waals surface area contributed by atoms with Gasteiger partial charge in [-0.25, -0.2) is 4.79 Å². The molecule has 0 aliphatic heterocycles. The summed E-state index contributed by atoms with van der Waals surface area (Å²) >= 11 is 6.10. The molecule has 0 aromatic heterocycles. The van der Waals surface area contributed by atoms with Crippen LogP contribution >= 0.6 is 11.6 Å². The number of nitrogens with zero attached hydrogens (tertiary/aromatic N) is 1. The minimum Gasteiger partial charge on any atom is -0.478 e. The zero-order chi connectivity index (χ0) is 14.9. The second-order valence-corrected chi connectivity index (χ2v) is 5.76. The first-order chi connectivity index (χ1) is 9.40. The van der Waals surface area contributed by atoms with Crippen molar-refractivity contribution in [1.82, 2.24) is 4.90 Å². The van der Waals surface area contributed by atoms with Crippen molar-refractivity contribution in [2.45, 2.75) is 31.8 Å². The number of carbonyl (C=O) groups is 1. The number of aromatic carboxylic acids is 1. The highest BCUT2D eigenvalue weighted by atomic mass is 35.5. The van der Waals surface area contributed by atoms with E-state index < -0.39 is 5.97 Å². The quantitative estimate of drug-likeness (QED) is 0.703. The van der Waals surface area contributed by atoms with E-state index in [9.17, 15) is 9.90 Å². The van der Waals surface area contributed by atoms with Crippen molar-refractivity contribution in [3.05, 3.63) is 22.7 Å². The van der Waals surface area contributed by atoms with Gasteiger partial charge in [0, 0.05) is 24.3 Å². The van der Waals surface area contributed by atoms with Crippen LogP contribution in [0.4, 0.5) is 11.4 Å². The highest BCUT2D eigenvalue weighted by Crippen LogP contribution is 2.30. The number of hydrogen-bond acceptors (Lipinski definition) is 4. The molecular weight excluding hydrogens is 278 g/mol. The second-order valence-electron chi connectivity index (χ2n) is 5.36. The minimum absolute atomic E-state index is 0.108. The molecule has 0 spiro atoms. The van der Waals surface area contributed by atoms with Crippen LogP contribution in [0.5, 0.6) is 0 Å². The Balaban J connectivity index is 2.10. The molecule has 1 saturated carbocycles. The number of nitrogens with one attached hydrogen (secondary N) is 1. The number of halogens is 1.